The second-order valence-corrected chi connectivity index (χ2v) is 7.72. The van der Waals surface area contributed by atoms with Crippen LogP contribution in [0.1, 0.15) is 64.8 Å². The molecule has 0 aromatic carbocycles. The molecular weight excluding hydrogens is 306 g/mol. The first-order valence-corrected chi connectivity index (χ1v) is 8.34. The van der Waals surface area contributed by atoms with Gasteiger partial charge in [-0.25, -0.2) is 4.79 Å². The third kappa shape index (κ3) is 4.69. The fraction of sp³-hybridized carbons (Fsp3) is 0.611. The maximum Gasteiger partial charge on any atom is 0.408 e. The molecule has 0 bridgehead atoms. The van der Waals surface area contributed by atoms with Crippen LogP contribution in [-0.4, -0.2) is 28.1 Å². The normalized spacial score (nSPS) is 17.6. The summed E-state index contributed by atoms with van der Waals surface area (Å²) in [7, 11) is 0. The lowest BCUT2D eigenvalue weighted by Crippen LogP contribution is -2.56. The van der Waals surface area contributed by atoms with Crippen LogP contribution in [-0.2, 0) is 16.0 Å². The van der Waals surface area contributed by atoms with Gasteiger partial charge in [-0.3, -0.25) is 9.78 Å². The Bertz CT molecular complexity index is 620. The molecule has 0 saturated carbocycles. The summed E-state index contributed by atoms with van der Waals surface area (Å²) in [5.74, 6) is -0.253. The van der Waals surface area contributed by atoms with Gasteiger partial charge < -0.3 is 15.4 Å². The molecule has 0 fully saturated rings. The molecule has 0 saturated heterocycles. The zero-order chi connectivity index (χ0) is 18.0. The molecule has 0 radical (unpaired) electrons. The predicted octanol–water partition coefficient (Wildman–Crippen LogP) is 2.88. The van der Waals surface area contributed by atoms with Crippen LogP contribution in [0.3, 0.4) is 0 Å². The van der Waals surface area contributed by atoms with Gasteiger partial charge in [0.1, 0.15) is 11.1 Å². The summed E-state index contributed by atoms with van der Waals surface area (Å²) < 4.78 is 5.23. The van der Waals surface area contributed by atoms with Crippen LogP contribution in [0.5, 0.6) is 0 Å². The summed E-state index contributed by atoms with van der Waals surface area (Å²) in [5, 5.41) is 5.64. The highest BCUT2D eigenvalue weighted by molar-refractivity contribution is 5.89. The van der Waals surface area contributed by atoms with Crippen molar-refractivity contribution in [3.63, 3.8) is 0 Å². The third-order valence-corrected chi connectivity index (χ3v) is 3.88. The maximum atomic E-state index is 12.6. The SMILES string of the molecule is CC(C)(C)OC(=O)NC(C)(C)C(=O)NC1CCCc2cccnc21. The third-order valence-electron chi connectivity index (χ3n) is 3.88. The lowest BCUT2D eigenvalue weighted by atomic mass is 9.91. The average molecular weight is 333 g/mol. The summed E-state index contributed by atoms with van der Waals surface area (Å²) in [6.45, 7) is 8.67. The number of hydrogen-bond acceptors (Lipinski definition) is 4. The standard InChI is InChI=1S/C18H27N3O3/c1-17(2,3)24-16(23)21-18(4,5)15(22)20-13-10-6-8-12-9-7-11-19-14(12)13/h7,9,11,13H,6,8,10H2,1-5H3,(H,20,22)(H,21,23). The zero-order valence-corrected chi connectivity index (χ0v) is 15.1. The van der Waals surface area contributed by atoms with Crippen molar-refractivity contribution in [2.24, 2.45) is 0 Å². The smallest absolute Gasteiger partial charge is 0.408 e. The molecule has 1 aliphatic carbocycles. The van der Waals surface area contributed by atoms with Crippen molar-refractivity contribution in [3.8, 4) is 0 Å². The van der Waals surface area contributed by atoms with Gasteiger partial charge in [0.25, 0.3) is 0 Å². The fourth-order valence-electron chi connectivity index (χ4n) is 2.70. The van der Waals surface area contributed by atoms with Crippen LogP contribution in [0.25, 0.3) is 0 Å². The first kappa shape index (κ1) is 18.2. The van der Waals surface area contributed by atoms with Crippen LogP contribution in [0, 0.1) is 0 Å². The van der Waals surface area contributed by atoms with E-state index in [1.165, 1.54) is 5.56 Å². The van der Waals surface area contributed by atoms with Gasteiger partial charge in [0.2, 0.25) is 5.91 Å². The second kappa shape index (κ2) is 6.79. The van der Waals surface area contributed by atoms with E-state index in [1.807, 2.05) is 12.1 Å². The number of rotatable bonds is 3. The Morgan fingerprint density at radius 1 is 1.25 bits per heavy atom. The van der Waals surface area contributed by atoms with Crippen molar-refractivity contribution in [1.82, 2.24) is 15.6 Å². The van der Waals surface area contributed by atoms with Crippen LogP contribution in [0.2, 0.25) is 0 Å². The fourth-order valence-corrected chi connectivity index (χ4v) is 2.70. The highest BCUT2D eigenvalue weighted by Crippen LogP contribution is 2.28. The molecule has 6 nitrogen and oxygen atoms in total. The van der Waals surface area contributed by atoms with E-state index in [-0.39, 0.29) is 11.9 Å². The quantitative estimate of drug-likeness (QED) is 0.891. The molecule has 1 aromatic heterocycles. The number of aromatic nitrogens is 1. The highest BCUT2D eigenvalue weighted by Gasteiger charge is 2.34. The summed E-state index contributed by atoms with van der Waals surface area (Å²) in [4.78, 5) is 29.0. The molecular formula is C18H27N3O3. The molecule has 1 aromatic rings. The topological polar surface area (TPSA) is 80.3 Å². The van der Waals surface area contributed by atoms with Crippen LogP contribution in [0.15, 0.2) is 18.3 Å². The van der Waals surface area contributed by atoms with Gasteiger partial charge in [-0.15, -0.1) is 0 Å². The van der Waals surface area contributed by atoms with E-state index in [4.69, 9.17) is 4.74 Å². The van der Waals surface area contributed by atoms with Crippen LogP contribution < -0.4 is 10.6 Å². The number of carbonyl (C=O) groups is 2. The molecule has 1 aliphatic rings. The van der Waals surface area contributed by atoms with E-state index in [2.05, 4.69) is 15.6 Å². The molecule has 2 N–H and O–H groups in total. The first-order chi connectivity index (χ1) is 11.1. The lowest BCUT2D eigenvalue weighted by molar-refractivity contribution is -0.127. The molecule has 2 rings (SSSR count). The van der Waals surface area contributed by atoms with Gasteiger partial charge in [-0.05, 0) is 65.5 Å². The van der Waals surface area contributed by atoms with Crippen molar-refractivity contribution in [2.45, 2.75) is 71.1 Å². The van der Waals surface area contributed by atoms with Gasteiger partial charge in [0.05, 0.1) is 11.7 Å². The molecule has 2 amide bonds. The minimum absolute atomic E-state index is 0.123. The maximum absolute atomic E-state index is 12.6. The van der Waals surface area contributed by atoms with E-state index in [1.54, 1.807) is 40.8 Å². The number of aryl methyl sites for hydroxylation is 1. The summed E-state index contributed by atoms with van der Waals surface area (Å²) in [5.41, 5.74) is 0.412. The van der Waals surface area contributed by atoms with Crippen molar-refractivity contribution in [3.05, 3.63) is 29.6 Å². The Morgan fingerprint density at radius 3 is 2.62 bits per heavy atom. The number of fused-ring (bicyclic) bond motifs is 1. The number of nitrogens with zero attached hydrogens (tertiary/aromatic N) is 1. The van der Waals surface area contributed by atoms with Crippen molar-refractivity contribution < 1.29 is 14.3 Å². The van der Waals surface area contributed by atoms with Gasteiger partial charge in [0, 0.05) is 6.20 Å². The van der Waals surface area contributed by atoms with Crippen molar-refractivity contribution in [2.75, 3.05) is 0 Å². The Morgan fingerprint density at radius 2 is 1.96 bits per heavy atom. The van der Waals surface area contributed by atoms with Crippen molar-refractivity contribution in [1.29, 1.82) is 0 Å². The molecule has 6 heteroatoms. The highest BCUT2D eigenvalue weighted by atomic mass is 16.6. The van der Waals surface area contributed by atoms with E-state index >= 15 is 0 Å². The number of amides is 2. The van der Waals surface area contributed by atoms with E-state index < -0.39 is 17.2 Å². The summed E-state index contributed by atoms with van der Waals surface area (Å²) in [6.07, 6.45) is 3.97. The Balaban J connectivity index is 2.02. The Hall–Kier alpha value is -2.11. The van der Waals surface area contributed by atoms with Gasteiger partial charge in [0.15, 0.2) is 0 Å². The lowest BCUT2D eigenvalue weighted by Gasteiger charge is -2.31. The van der Waals surface area contributed by atoms with Gasteiger partial charge in [-0.1, -0.05) is 6.07 Å². The summed E-state index contributed by atoms with van der Waals surface area (Å²) in [6, 6.07) is 3.84. The van der Waals surface area contributed by atoms with Crippen LogP contribution >= 0.6 is 0 Å². The van der Waals surface area contributed by atoms with Gasteiger partial charge >= 0.3 is 6.09 Å². The number of carbonyl (C=O) groups excluding carboxylic acids is 2. The van der Waals surface area contributed by atoms with E-state index in [0.717, 1.165) is 25.0 Å². The predicted molar refractivity (Wildman–Crippen MR) is 91.5 cm³/mol. The number of pyridine rings is 1. The molecule has 0 aliphatic heterocycles. The number of alkyl carbamates (subject to hydrolysis) is 1. The average Bonchev–Trinajstić information content (AvgIpc) is 2.45. The van der Waals surface area contributed by atoms with E-state index in [9.17, 15) is 9.59 Å². The molecule has 132 valence electrons. The van der Waals surface area contributed by atoms with E-state index in [0.29, 0.717) is 0 Å². The summed E-state index contributed by atoms with van der Waals surface area (Å²) >= 11 is 0. The number of ether oxygens (including phenoxy) is 1. The first-order valence-electron chi connectivity index (χ1n) is 8.34. The molecule has 1 atom stereocenters. The van der Waals surface area contributed by atoms with Gasteiger partial charge in [-0.2, -0.15) is 0 Å². The van der Waals surface area contributed by atoms with Crippen molar-refractivity contribution >= 4 is 12.0 Å². The second-order valence-electron chi connectivity index (χ2n) is 7.72. The monoisotopic (exact) mass is 333 g/mol. The zero-order valence-electron chi connectivity index (χ0n) is 15.1. The molecule has 0 spiro atoms. The Labute approximate surface area is 143 Å². The number of hydrogen-bond donors (Lipinski definition) is 2. The molecule has 1 unspecified atom stereocenters. The van der Waals surface area contributed by atoms with Crippen LogP contribution in [0.4, 0.5) is 4.79 Å². The molecule has 1 heterocycles. The Kier molecular flexibility index (Phi) is 5.16. The minimum Gasteiger partial charge on any atom is -0.444 e. The number of nitrogens with one attached hydrogen (secondary N) is 2. The largest absolute Gasteiger partial charge is 0.444 e. The minimum atomic E-state index is -1.07. The molecule has 24 heavy (non-hydrogen) atoms.